The van der Waals surface area contributed by atoms with Gasteiger partial charge in [-0.15, -0.1) is 0 Å². The van der Waals surface area contributed by atoms with Crippen molar-refractivity contribution in [2.45, 2.75) is 56.8 Å². The van der Waals surface area contributed by atoms with Crippen molar-refractivity contribution < 1.29 is 8.42 Å². The van der Waals surface area contributed by atoms with Gasteiger partial charge in [0.1, 0.15) is 0 Å². The number of hydrogen-bond acceptors (Lipinski definition) is 2. The molecule has 5 rings (SSSR count). The lowest BCUT2D eigenvalue weighted by atomic mass is 9.49. The third-order valence-corrected chi connectivity index (χ3v) is 7.92. The highest BCUT2D eigenvalue weighted by Gasteiger charge is 2.50. The summed E-state index contributed by atoms with van der Waals surface area (Å²) in [4.78, 5) is 0.383. The first-order valence-corrected chi connectivity index (χ1v) is 10.5. The number of benzene rings is 1. The lowest BCUT2D eigenvalue weighted by molar-refractivity contribution is -0.0561. The van der Waals surface area contributed by atoms with E-state index in [-0.39, 0.29) is 0 Å². The summed E-state index contributed by atoms with van der Waals surface area (Å²) in [7, 11) is -3.36. The molecule has 0 aromatic heterocycles. The van der Waals surface area contributed by atoms with E-state index >= 15 is 0 Å². The van der Waals surface area contributed by atoms with Gasteiger partial charge in [0.15, 0.2) is 0 Å². The maximum absolute atomic E-state index is 12.4. The van der Waals surface area contributed by atoms with Crippen LogP contribution in [-0.2, 0) is 10.0 Å². The number of nitrogens with one attached hydrogen (secondary N) is 1. The van der Waals surface area contributed by atoms with Gasteiger partial charge in [0, 0.05) is 6.54 Å². The first-order chi connectivity index (χ1) is 10.9. The summed E-state index contributed by atoms with van der Waals surface area (Å²) < 4.78 is 27.7. The average molecular weight is 333 g/mol. The molecule has 4 fully saturated rings. The van der Waals surface area contributed by atoms with E-state index in [1.807, 2.05) is 19.1 Å². The molecular weight excluding hydrogens is 306 g/mol. The number of hydrogen-bond donors (Lipinski definition) is 1. The zero-order valence-electron chi connectivity index (χ0n) is 13.9. The second-order valence-electron chi connectivity index (χ2n) is 8.38. The van der Waals surface area contributed by atoms with Crippen molar-refractivity contribution in [2.24, 2.45) is 23.2 Å². The Morgan fingerprint density at radius 1 is 1.00 bits per heavy atom. The lowest BCUT2D eigenvalue weighted by Gasteiger charge is -2.57. The zero-order valence-corrected chi connectivity index (χ0v) is 14.7. The molecular formula is C19H27NO2S. The first kappa shape index (κ1) is 15.6. The van der Waals surface area contributed by atoms with E-state index in [1.165, 1.54) is 38.5 Å². The fraction of sp³-hybridized carbons (Fsp3) is 0.684. The highest BCUT2D eigenvalue weighted by atomic mass is 32.2. The highest BCUT2D eigenvalue weighted by molar-refractivity contribution is 7.89. The topological polar surface area (TPSA) is 46.2 Å². The third-order valence-electron chi connectivity index (χ3n) is 6.44. The minimum absolute atomic E-state index is 0.383. The van der Waals surface area contributed by atoms with Gasteiger partial charge < -0.3 is 0 Å². The van der Waals surface area contributed by atoms with E-state index in [4.69, 9.17) is 0 Å². The third kappa shape index (κ3) is 3.08. The Morgan fingerprint density at radius 2 is 1.52 bits per heavy atom. The fourth-order valence-corrected chi connectivity index (χ4v) is 6.88. The zero-order chi connectivity index (χ0) is 16.1. The van der Waals surface area contributed by atoms with Gasteiger partial charge in [0.25, 0.3) is 0 Å². The summed E-state index contributed by atoms with van der Waals surface area (Å²) >= 11 is 0. The van der Waals surface area contributed by atoms with Crippen molar-refractivity contribution in [3.8, 4) is 0 Å². The summed E-state index contributed by atoms with van der Waals surface area (Å²) in [5, 5.41) is 0. The number of rotatable bonds is 5. The van der Waals surface area contributed by atoms with Gasteiger partial charge in [-0.05, 0) is 87.2 Å². The molecule has 4 aliphatic rings. The van der Waals surface area contributed by atoms with Gasteiger partial charge in [-0.3, -0.25) is 0 Å². The molecule has 1 aromatic carbocycles. The summed E-state index contributed by atoms with van der Waals surface area (Å²) in [6.45, 7) is 2.55. The SMILES string of the molecule is Cc1ccc(S(=O)(=O)NCCC23CC4CC(CC(C4)C2)C3)cc1. The maximum Gasteiger partial charge on any atom is 0.240 e. The Morgan fingerprint density at radius 3 is 2.04 bits per heavy atom. The van der Waals surface area contributed by atoms with Crippen molar-refractivity contribution in [2.75, 3.05) is 6.54 Å². The molecule has 4 bridgehead atoms. The monoisotopic (exact) mass is 333 g/mol. The Hall–Kier alpha value is -0.870. The molecule has 126 valence electrons. The van der Waals surface area contributed by atoms with Crippen LogP contribution in [0.3, 0.4) is 0 Å². The minimum atomic E-state index is -3.36. The first-order valence-electron chi connectivity index (χ1n) is 9.00. The molecule has 3 nitrogen and oxygen atoms in total. The van der Waals surface area contributed by atoms with Crippen LogP contribution in [0.2, 0.25) is 0 Å². The van der Waals surface area contributed by atoms with Crippen molar-refractivity contribution in [3.63, 3.8) is 0 Å². The van der Waals surface area contributed by atoms with Crippen molar-refractivity contribution >= 4 is 10.0 Å². The van der Waals surface area contributed by atoms with Crippen LogP contribution in [-0.4, -0.2) is 15.0 Å². The molecule has 0 amide bonds. The Labute approximate surface area is 139 Å². The molecule has 0 saturated heterocycles. The van der Waals surface area contributed by atoms with E-state index in [0.717, 1.165) is 29.7 Å². The molecule has 0 radical (unpaired) electrons. The number of aryl methyl sites for hydroxylation is 1. The van der Waals surface area contributed by atoms with Gasteiger partial charge >= 0.3 is 0 Å². The standard InChI is InChI=1S/C19H27NO2S/c1-14-2-4-18(5-3-14)23(21,22)20-7-6-19-11-15-8-16(12-19)10-17(9-15)13-19/h2-5,15-17,20H,6-13H2,1H3. The van der Waals surface area contributed by atoms with E-state index in [2.05, 4.69) is 4.72 Å². The summed E-state index contributed by atoms with van der Waals surface area (Å²) in [5.41, 5.74) is 1.52. The molecule has 0 heterocycles. The summed E-state index contributed by atoms with van der Waals surface area (Å²) in [6.07, 6.45) is 9.35. The molecule has 1 N–H and O–H groups in total. The molecule has 1 aromatic rings. The Balaban J connectivity index is 1.39. The average Bonchev–Trinajstić information content (AvgIpc) is 2.45. The van der Waals surface area contributed by atoms with E-state index in [0.29, 0.717) is 16.9 Å². The molecule has 4 saturated carbocycles. The Kier molecular flexibility index (Phi) is 3.80. The molecule has 0 spiro atoms. The molecule has 0 unspecified atom stereocenters. The van der Waals surface area contributed by atoms with Crippen LogP contribution in [0.1, 0.15) is 50.5 Å². The molecule has 0 aliphatic heterocycles. The van der Waals surface area contributed by atoms with Gasteiger partial charge in [0.2, 0.25) is 10.0 Å². The summed E-state index contributed by atoms with van der Waals surface area (Å²) in [6, 6.07) is 7.10. The molecule has 4 heteroatoms. The van der Waals surface area contributed by atoms with Gasteiger partial charge in [-0.2, -0.15) is 0 Å². The van der Waals surface area contributed by atoms with Crippen LogP contribution in [0.15, 0.2) is 29.2 Å². The van der Waals surface area contributed by atoms with Gasteiger partial charge in [-0.25, -0.2) is 13.1 Å². The Bertz CT molecular complexity index is 643. The molecule has 4 aliphatic carbocycles. The lowest BCUT2D eigenvalue weighted by Crippen LogP contribution is -2.47. The van der Waals surface area contributed by atoms with Gasteiger partial charge in [-0.1, -0.05) is 17.7 Å². The van der Waals surface area contributed by atoms with Crippen molar-refractivity contribution in [3.05, 3.63) is 29.8 Å². The second-order valence-corrected chi connectivity index (χ2v) is 10.1. The highest BCUT2D eigenvalue weighted by Crippen LogP contribution is 2.61. The van der Waals surface area contributed by atoms with Crippen LogP contribution >= 0.6 is 0 Å². The van der Waals surface area contributed by atoms with Crippen LogP contribution in [0.25, 0.3) is 0 Å². The largest absolute Gasteiger partial charge is 0.240 e. The van der Waals surface area contributed by atoms with Crippen LogP contribution < -0.4 is 4.72 Å². The normalized spacial score (nSPS) is 35.6. The van der Waals surface area contributed by atoms with E-state index in [1.54, 1.807) is 12.1 Å². The molecule has 23 heavy (non-hydrogen) atoms. The number of sulfonamides is 1. The van der Waals surface area contributed by atoms with Crippen molar-refractivity contribution in [1.29, 1.82) is 0 Å². The van der Waals surface area contributed by atoms with E-state index in [9.17, 15) is 8.42 Å². The molecule has 0 atom stereocenters. The predicted molar refractivity (Wildman–Crippen MR) is 91.6 cm³/mol. The predicted octanol–water partition coefficient (Wildman–Crippen LogP) is 3.88. The minimum Gasteiger partial charge on any atom is -0.211 e. The van der Waals surface area contributed by atoms with Crippen LogP contribution in [0, 0.1) is 30.1 Å². The maximum atomic E-state index is 12.4. The van der Waals surface area contributed by atoms with Gasteiger partial charge in [0.05, 0.1) is 4.90 Å². The summed E-state index contributed by atoms with van der Waals surface area (Å²) in [5.74, 6) is 2.78. The smallest absolute Gasteiger partial charge is 0.211 e. The van der Waals surface area contributed by atoms with Crippen LogP contribution in [0.5, 0.6) is 0 Å². The second kappa shape index (κ2) is 5.59. The fourth-order valence-electron chi connectivity index (χ4n) is 5.85. The van der Waals surface area contributed by atoms with E-state index < -0.39 is 10.0 Å². The van der Waals surface area contributed by atoms with Crippen molar-refractivity contribution in [1.82, 2.24) is 4.72 Å². The van der Waals surface area contributed by atoms with Crippen LogP contribution in [0.4, 0.5) is 0 Å². The quantitative estimate of drug-likeness (QED) is 0.889.